The first-order valence-corrected chi connectivity index (χ1v) is 8.49. The number of alkyl halides is 1. The summed E-state index contributed by atoms with van der Waals surface area (Å²) in [5, 5.41) is 8.56. The van der Waals surface area contributed by atoms with Gasteiger partial charge in [0.15, 0.2) is 28.2 Å². The van der Waals surface area contributed by atoms with Crippen LogP contribution in [-0.4, -0.2) is 36.8 Å². The molecule has 0 unspecified atom stereocenters. The Morgan fingerprint density at radius 3 is 2.91 bits per heavy atom. The molecule has 3 aromatic heterocycles. The highest BCUT2D eigenvalue weighted by Gasteiger charge is 2.22. The van der Waals surface area contributed by atoms with Crippen molar-refractivity contribution in [3.8, 4) is 17.3 Å². The van der Waals surface area contributed by atoms with E-state index in [1.54, 1.807) is 6.20 Å². The van der Waals surface area contributed by atoms with Gasteiger partial charge in [-0.25, -0.2) is 14.6 Å². The fourth-order valence-corrected chi connectivity index (χ4v) is 2.68. The molecule has 0 aromatic carbocycles. The van der Waals surface area contributed by atoms with Crippen molar-refractivity contribution in [2.75, 3.05) is 17.7 Å². The van der Waals surface area contributed by atoms with Gasteiger partial charge in [0.2, 0.25) is 0 Å². The van der Waals surface area contributed by atoms with E-state index in [-0.39, 0.29) is 11.0 Å². The standard InChI is InChI=1S/C13H14BrClN6O2/c1-2-21-10-7(22-5-3-4-14)6-17-11(15)8(10)18-13(21)9-12(16)20-23-19-9/h6H,2-5H2,1H3,(H2,16,20). The SMILES string of the molecule is CCn1c(-c2nonc2N)nc2c(Cl)ncc(OCCCBr)c21. The zero-order valence-corrected chi connectivity index (χ0v) is 14.6. The number of hydrogen-bond acceptors (Lipinski definition) is 7. The average Bonchev–Trinajstić information content (AvgIpc) is 3.13. The molecule has 0 aliphatic carbocycles. The molecule has 8 nitrogen and oxygen atoms in total. The topological polar surface area (TPSA) is 105 Å². The maximum Gasteiger partial charge on any atom is 0.199 e. The van der Waals surface area contributed by atoms with Crippen molar-refractivity contribution in [1.29, 1.82) is 0 Å². The summed E-state index contributed by atoms with van der Waals surface area (Å²) in [5.41, 5.74) is 7.43. The Bertz CT molecular complexity index is 833. The third-order valence-electron chi connectivity index (χ3n) is 3.27. The molecule has 10 heteroatoms. The number of halogens is 2. The number of nitrogens with two attached hydrogens (primary N) is 1. The summed E-state index contributed by atoms with van der Waals surface area (Å²) in [4.78, 5) is 8.65. The number of aryl methyl sites for hydroxylation is 1. The average molecular weight is 402 g/mol. The van der Waals surface area contributed by atoms with Crippen molar-refractivity contribution in [1.82, 2.24) is 24.8 Å². The second kappa shape index (κ2) is 6.71. The molecule has 2 N–H and O–H groups in total. The number of rotatable bonds is 6. The fraction of sp³-hybridized carbons (Fsp3) is 0.385. The van der Waals surface area contributed by atoms with Gasteiger partial charge in [0.1, 0.15) is 11.0 Å². The minimum absolute atomic E-state index is 0.167. The van der Waals surface area contributed by atoms with Crippen LogP contribution in [-0.2, 0) is 6.54 Å². The van der Waals surface area contributed by atoms with Gasteiger partial charge in [0.05, 0.1) is 12.8 Å². The number of nitrogens with zero attached hydrogens (tertiary/aromatic N) is 5. The van der Waals surface area contributed by atoms with Crippen molar-refractivity contribution in [3.05, 3.63) is 11.3 Å². The Hall–Kier alpha value is -1.87. The van der Waals surface area contributed by atoms with Gasteiger partial charge in [-0.05, 0) is 23.7 Å². The second-order valence-electron chi connectivity index (χ2n) is 4.68. The molecule has 0 aliphatic rings. The molecular weight excluding hydrogens is 388 g/mol. The summed E-state index contributed by atoms with van der Waals surface area (Å²) in [7, 11) is 0. The van der Waals surface area contributed by atoms with Crippen LogP contribution in [0.2, 0.25) is 5.15 Å². The Balaban J connectivity index is 2.19. The van der Waals surface area contributed by atoms with E-state index in [1.807, 2.05) is 11.5 Å². The molecule has 23 heavy (non-hydrogen) atoms. The quantitative estimate of drug-likeness (QED) is 0.384. The summed E-state index contributed by atoms with van der Waals surface area (Å²) in [6, 6.07) is 0. The van der Waals surface area contributed by atoms with E-state index in [9.17, 15) is 0 Å². The largest absolute Gasteiger partial charge is 0.490 e. The Kier molecular flexibility index (Phi) is 4.67. The van der Waals surface area contributed by atoms with Crippen molar-refractivity contribution in [2.24, 2.45) is 0 Å². The first-order chi connectivity index (χ1) is 11.2. The molecule has 0 spiro atoms. The van der Waals surface area contributed by atoms with Crippen LogP contribution in [0.4, 0.5) is 5.82 Å². The van der Waals surface area contributed by atoms with E-state index in [2.05, 4.69) is 40.8 Å². The normalized spacial score (nSPS) is 11.3. The van der Waals surface area contributed by atoms with Crippen molar-refractivity contribution < 1.29 is 9.37 Å². The van der Waals surface area contributed by atoms with Crippen LogP contribution in [0, 0.1) is 0 Å². The molecule has 3 heterocycles. The van der Waals surface area contributed by atoms with E-state index in [4.69, 9.17) is 22.1 Å². The summed E-state index contributed by atoms with van der Waals surface area (Å²) in [5.74, 6) is 1.29. The lowest BCUT2D eigenvalue weighted by molar-refractivity contribution is 0.310. The first kappa shape index (κ1) is 16.0. The van der Waals surface area contributed by atoms with E-state index in [0.717, 1.165) is 17.3 Å². The Morgan fingerprint density at radius 2 is 2.26 bits per heavy atom. The van der Waals surface area contributed by atoms with E-state index in [1.165, 1.54) is 0 Å². The van der Waals surface area contributed by atoms with Gasteiger partial charge >= 0.3 is 0 Å². The third kappa shape index (κ3) is 2.86. The zero-order valence-electron chi connectivity index (χ0n) is 12.3. The number of imidazole rings is 1. The number of pyridine rings is 1. The van der Waals surface area contributed by atoms with E-state index < -0.39 is 0 Å². The smallest absolute Gasteiger partial charge is 0.199 e. The number of ether oxygens (including phenoxy) is 1. The zero-order chi connectivity index (χ0) is 16.4. The van der Waals surface area contributed by atoms with Crippen LogP contribution >= 0.6 is 27.5 Å². The molecule has 0 saturated heterocycles. The lowest BCUT2D eigenvalue weighted by Crippen LogP contribution is -2.03. The van der Waals surface area contributed by atoms with Crippen LogP contribution in [0.15, 0.2) is 10.8 Å². The van der Waals surface area contributed by atoms with E-state index in [0.29, 0.717) is 35.9 Å². The lowest BCUT2D eigenvalue weighted by atomic mass is 10.3. The second-order valence-corrected chi connectivity index (χ2v) is 5.83. The summed E-state index contributed by atoms with van der Waals surface area (Å²) >= 11 is 9.57. The molecule has 0 atom stereocenters. The minimum Gasteiger partial charge on any atom is -0.490 e. The van der Waals surface area contributed by atoms with Crippen LogP contribution in [0.1, 0.15) is 13.3 Å². The van der Waals surface area contributed by atoms with E-state index >= 15 is 0 Å². The molecule has 0 amide bonds. The lowest BCUT2D eigenvalue weighted by Gasteiger charge is -2.10. The third-order valence-corrected chi connectivity index (χ3v) is 4.11. The highest BCUT2D eigenvalue weighted by atomic mass is 79.9. The number of fused-ring (bicyclic) bond motifs is 1. The minimum atomic E-state index is 0.167. The number of anilines is 1. The first-order valence-electron chi connectivity index (χ1n) is 6.99. The van der Waals surface area contributed by atoms with Crippen molar-refractivity contribution >= 4 is 44.4 Å². The highest BCUT2D eigenvalue weighted by molar-refractivity contribution is 9.09. The van der Waals surface area contributed by atoms with Crippen LogP contribution in [0.25, 0.3) is 22.6 Å². The molecular formula is C13H14BrClN6O2. The molecule has 0 aliphatic heterocycles. The van der Waals surface area contributed by atoms with Gasteiger partial charge < -0.3 is 15.0 Å². The molecule has 0 radical (unpaired) electrons. The Morgan fingerprint density at radius 1 is 1.43 bits per heavy atom. The van der Waals surface area contributed by atoms with Crippen molar-refractivity contribution in [2.45, 2.75) is 19.9 Å². The predicted molar refractivity (Wildman–Crippen MR) is 89.8 cm³/mol. The van der Waals surface area contributed by atoms with Gasteiger partial charge in [-0.1, -0.05) is 27.5 Å². The van der Waals surface area contributed by atoms with Crippen molar-refractivity contribution in [3.63, 3.8) is 0 Å². The Labute approximate surface area is 145 Å². The number of aromatic nitrogens is 5. The molecule has 0 fully saturated rings. The van der Waals surface area contributed by atoms with Gasteiger partial charge in [0, 0.05) is 11.9 Å². The van der Waals surface area contributed by atoms with Gasteiger partial charge in [0.25, 0.3) is 0 Å². The summed E-state index contributed by atoms with van der Waals surface area (Å²) < 4.78 is 12.4. The maximum absolute atomic E-state index is 6.19. The number of hydrogen-bond donors (Lipinski definition) is 1. The molecule has 0 bridgehead atoms. The van der Waals surface area contributed by atoms with Gasteiger partial charge in [-0.15, -0.1) is 0 Å². The predicted octanol–water partition coefficient (Wildman–Crippen LogP) is 2.90. The van der Waals surface area contributed by atoms with Crippen LogP contribution in [0.5, 0.6) is 5.75 Å². The molecule has 0 saturated carbocycles. The summed E-state index contributed by atoms with van der Waals surface area (Å²) in [6.45, 7) is 3.15. The van der Waals surface area contributed by atoms with Gasteiger partial charge in [-0.2, -0.15) is 0 Å². The summed E-state index contributed by atoms with van der Waals surface area (Å²) in [6.07, 6.45) is 2.47. The van der Waals surface area contributed by atoms with Gasteiger partial charge in [-0.3, -0.25) is 0 Å². The monoisotopic (exact) mass is 400 g/mol. The molecule has 122 valence electrons. The maximum atomic E-state index is 6.19. The van der Waals surface area contributed by atoms with Crippen LogP contribution < -0.4 is 10.5 Å². The molecule has 3 rings (SSSR count). The fourth-order valence-electron chi connectivity index (χ4n) is 2.27. The van der Waals surface area contributed by atoms with Crippen LogP contribution in [0.3, 0.4) is 0 Å². The molecule has 3 aromatic rings. The number of nitrogen functional groups attached to an aromatic ring is 1. The highest BCUT2D eigenvalue weighted by Crippen LogP contribution is 2.34.